The van der Waals surface area contributed by atoms with Crippen LogP contribution in [0.3, 0.4) is 0 Å². The number of aryl methyl sites for hydroxylation is 2. The molecule has 122 valence electrons. The fourth-order valence-corrected chi connectivity index (χ4v) is 2.39. The molecule has 0 unspecified atom stereocenters. The van der Waals surface area contributed by atoms with Crippen molar-refractivity contribution in [2.45, 2.75) is 32.7 Å². The molecular formula is C19H22ClNO2. The van der Waals surface area contributed by atoms with Gasteiger partial charge in [0.2, 0.25) is 0 Å². The summed E-state index contributed by atoms with van der Waals surface area (Å²) in [7, 11) is 0. The van der Waals surface area contributed by atoms with Gasteiger partial charge in [-0.15, -0.1) is 0 Å². The summed E-state index contributed by atoms with van der Waals surface area (Å²) in [6.07, 6.45) is 1.84. The van der Waals surface area contributed by atoms with Gasteiger partial charge in [-0.2, -0.15) is 0 Å². The number of benzene rings is 2. The molecule has 1 N–H and O–H groups in total. The number of nitrogens with one attached hydrogen (secondary N) is 1. The number of rotatable bonds is 7. The van der Waals surface area contributed by atoms with Gasteiger partial charge in [-0.3, -0.25) is 4.79 Å². The van der Waals surface area contributed by atoms with Crippen molar-refractivity contribution < 1.29 is 9.53 Å². The molecule has 2 aromatic rings. The first kappa shape index (κ1) is 17.4. The van der Waals surface area contributed by atoms with Gasteiger partial charge in [0.25, 0.3) is 5.91 Å². The molecule has 1 amide bonds. The van der Waals surface area contributed by atoms with E-state index in [0.717, 1.165) is 18.4 Å². The van der Waals surface area contributed by atoms with Gasteiger partial charge < -0.3 is 10.1 Å². The number of carbonyl (C=O) groups is 1. The van der Waals surface area contributed by atoms with Crippen LogP contribution in [0, 0.1) is 6.92 Å². The van der Waals surface area contributed by atoms with E-state index in [-0.39, 0.29) is 18.6 Å². The summed E-state index contributed by atoms with van der Waals surface area (Å²) in [6, 6.07) is 15.7. The fourth-order valence-electron chi connectivity index (χ4n) is 2.27. The van der Waals surface area contributed by atoms with Crippen molar-refractivity contribution in [1.82, 2.24) is 5.32 Å². The molecule has 4 heteroatoms. The minimum atomic E-state index is -0.113. The van der Waals surface area contributed by atoms with Crippen LogP contribution in [0.15, 0.2) is 48.5 Å². The first-order valence-electron chi connectivity index (χ1n) is 7.77. The van der Waals surface area contributed by atoms with Gasteiger partial charge in [0.1, 0.15) is 5.75 Å². The zero-order chi connectivity index (χ0) is 16.7. The van der Waals surface area contributed by atoms with Crippen molar-refractivity contribution in [2.75, 3.05) is 6.61 Å². The van der Waals surface area contributed by atoms with E-state index in [1.165, 1.54) is 5.56 Å². The zero-order valence-electron chi connectivity index (χ0n) is 13.5. The molecule has 0 radical (unpaired) electrons. The van der Waals surface area contributed by atoms with Crippen LogP contribution in [0.1, 0.15) is 24.5 Å². The van der Waals surface area contributed by atoms with Crippen LogP contribution < -0.4 is 10.1 Å². The lowest BCUT2D eigenvalue weighted by atomic mass is 10.1. The van der Waals surface area contributed by atoms with Crippen LogP contribution in [0.5, 0.6) is 5.75 Å². The van der Waals surface area contributed by atoms with Gasteiger partial charge in [-0.1, -0.05) is 41.9 Å². The summed E-state index contributed by atoms with van der Waals surface area (Å²) in [5.41, 5.74) is 2.21. The van der Waals surface area contributed by atoms with E-state index < -0.39 is 0 Å². The van der Waals surface area contributed by atoms with Gasteiger partial charge in [-0.25, -0.2) is 0 Å². The third-order valence-corrected chi connectivity index (χ3v) is 4.04. The Morgan fingerprint density at radius 3 is 2.65 bits per heavy atom. The number of halogens is 1. The lowest BCUT2D eigenvalue weighted by Gasteiger charge is -2.14. The molecule has 0 spiro atoms. The summed E-state index contributed by atoms with van der Waals surface area (Å²) in [5.74, 6) is 0.539. The Bertz CT molecular complexity index is 643. The van der Waals surface area contributed by atoms with Gasteiger partial charge in [0.15, 0.2) is 6.61 Å². The molecule has 0 heterocycles. The van der Waals surface area contributed by atoms with Crippen molar-refractivity contribution >= 4 is 17.5 Å². The van der Waals surface area contributed by atoms with Gasteiger partial charge in [-0.05, 0) is 56.0 Å². The Morgan fingerprint density at radius 1 is 1.22 bits per heavy atom. The van der Waals surface area contributed by atoms with Crippen LogP contribution in [-0.2, 0) is 11.2 Å². The molecule has 0 aliphatic carbocycles. The second kappa shape index (κ2) is 8.59. The largest absolute Gasteiger partial charge is 0.484 e. The summed E-state index contributed by atoms with van der Waals surface area (Å²) >= 11 is 5.96. The maximum absolute atomic E-state index is 11.9. The van der Waals surface area contributed by atoms with E-state index in [1.54, 1.807) is 12.1 Å². The quantitative estimate of drug-likeness (QED) is 0.827. The molecule has 0 saturated carbocycles. The predicted molar refractivity (Wildman–Crippen MR) is 94.1 cm³/mol. The number of ether oxygens (including phenoxy) is 1. The van der Waals surface area contributed by atoms with E-state index in [2.05, 4.69) is 17.4 Å². The molecule has 1 atom stereocenters. The molecule has 0 saturated heterocycles. The first-order valence-corrected chi connectivity index (χ1v) is 8.14. The topological polar surface area (TPSA) is 38.3 Å². The maximum Gasteiger partial charge on any atom is 0.258 e. The SMILES string of the molecule is Cc1cc(OCC(=O)N[C@@H](C)CCc2ccccc2)ccc1Cl. The van der Waals surface area contributed by atoms with Crippen LogP contribution in [0.4, 0.5) is 0 Å². The molecule has 0 aromatic heterocycles. The molecule has 2 rings (SSSR count). The van der Waals surface area contributed by atoms with Crippen molar-refractivity contribution in [3.63, 3.8) is 0 Å². The lowest BCUT2D eigenvalue weighted by Crippen LogP contribution is -2.36. The third-order valence-electron chi connectivity index (χ3n) is 3.62. The smallest absolute Gasteiger partial charge is 0.258 e. The summed E-state index contributed by atoms with van der Waals surface area (Å²) in [5, 5.41) is 3.65. The van der Waals surface area contributed by atoms with E-state index in [9.17, 15) is 4.79 Å². The minimum absolute atomic E-state index is 0.0107. The van der Waals surface area contributed by atoms with Gasteiger partial charge >= 0.3 is 0 Å². The highest BCUT2D eigenvalue weighted by Crippen LogP contribution is 2.20. The van der Waals surface area contributed by atoms with E-state index in [4.69, 9.17) is 16.3 Å². The maximum atomic E-state index is 11.9. The third kappa shape index (κ3) is 5.95. The summed E-state index contributed by atoms with van der Waals surface area (Å²) in [4.78, 5) is 11.9. The highest BCUT2D eigenvalue weighted by Gasteiger charge is 2.09. The molecule has 23 heavy (non-hydrogen) atoms. The molecule has 0 bridgehead atoms. The number of amides is 1. The first-order chi connectivity index (χ1) is 11.0. The van der Waals surface area contributed by atoms with Crippen molar-refractivity contribution in [1.29, 1.82) is 0 Å². The predicted octanol–water partition coefficient (Wildman–Crippen LogP) is 4.16. The van der Waals surface area contributed by atoms with Crippen LogP contribution in [0.2, 0.25) is 5.02 Å². The van der Waals surface area contributed by atoms with Crippen LogP contribution in [-0.4, -0.2) is 18.6 Å². The van der Waals surface area contributed by atoms with Crippen molar-refractivity contribution in [3.8, 4) is 5.75 Å². The lowest BCUT2D eigenvalue weighted by molar-refractivity contribution is -0.123. The summed E-state index contributed by atoms with van der Waals surface area (Å²) in [6.45, 7) is 3.92. The normalized spacial score (nSPS) is 11.8. The Balaban J connectivity index is 1.72. The zero-order valence-corrected chi connectivity index (χ0v) is 14.3. The molecule has 0 aliphatic rings. The Morgan fingerprint density at radius 2 is 1.96 bits per heavy atom. The number of hydrogen-bond acceptors (Lipinski definition) is 2. The second-order valence-electron chi connectivity index (χ2n) is 5.69. The Kier molecular flexibility index (Phi) is 6.48. The highest BCUT2D eigenvalue weighted by molar-refractivity contribution is 6.31. The molecule has 0 aliphatic heterocycles. The molecule has 3 nitrogen and oxygen atoms in total. The monoisotopic (exact) mass is 331 g/mol. The standard InChI is InChI=1S/C19H22ClNO2/c1-14-12-17(10-11-18(14)20)23-13-19(22)21-15(2)8-9-16-6-4-3-5-7-16/h3-7,10-12,15H,8-9,13H2,1-2H3,(H,21,22)/t15-/m0/s1. The molecule has 0 fully saturated rings. The number of hydrogen-bond donors (Lipinski definition) is 1. The fraction of sp³-hybridized carbons (Fsp3) is 0.316. The minimum Gasteiger partial charge on any atom is -0.484 e. The van der Waals surface area contributed by atoms with Crippen molar-refractivity contribution in [2.24, 2.45) is 0 Å². The number of carbonyl (C=O) groups excluding carboxylic acids is 1. The van der Waals surface area contributed by atoms with Gasteiger partial charge in [0.05, 0.1) is 0 Å². The van der Waals surface area contributed by atoms with Crippen LogP contribution >= 0.6 is 11.6 Å². The van der Waals surface area contributed by atoms with Crippen molar-refractivity contribution in [3.05, 3.63) is 64.7 Å². The average molecular weight is 332 g/mol. The second-order valence-corrected chi connectivity index (χ2v) is 6.10. The van der Waals surface area contributed by atoms with E-state index in [1.807, 2.05) is 38.1 Å². The molecular weight excluding hydrogens is 310 g/mol. The van der Waals surface area contributed by atoms with Crippen LogP contribution in [0.25, 0.3) is 0 Å². The van der Waals surface area contributed by atoms with Gasteiger partial charge in [0, 0.05) is 11.1 Å². The Labute approximate surface area is 142 Å². The summed E-state index contributed by atoms with van der Waals surface area (Å²) < 4.78 is 5.50. The Hall–Kier alpha value is -2.00. The van der Waals surface area contributed by atoms with E-state index >= 15 is 0 Å². The average Bonchev–Trinajstić information content (AvgIpc) is 2.55. The highest BCUT2D eigenvalue weighted by atomic mass is 35.5. The van der Waals surface area contributed by atoms with E-state index in [0.29, 0.717) is 10.8 Å². The molecule has 2 aromatic carbocycles.